The van der Waals surface area contributed by atoms with Crippen molar-refractivity contribution in [2.24, 2.45) is 11.8 Å². The first kappa shape index (κ1) is 19.7. The van der Waals surface area contributed by atoms with E-state index in [0.717, 1.165) is 40.8 Å². The molecule has 3 rings (SSSR count). The van der Waals surface area contributed by atoms with Crippen LogP contribution in [0.15, 0.2) is 24.3 Å². The molecule has 2 bridgehead atoms. The molecule has 0 radical (unpaired) electrons. The zero-order valence-corrected chi connectivity index (χ0v) is 18.6. The van der Waals surface area contributed by atoms with Gasteiger partial charge in [0.15, 0.2) is 5.78 Å². The molecule has 3 atom stereocenters. The number of benzene rings is 1. The third-order valence-electron chi connectivity index (χ3n) is 7.60. The summed E-state index contributed by atoms with van der Waals surface area (Å²) in [4.78, 5) is 13.4. The van der Waals surface area contributed by atoms with Crippen molar-refractivity contribution in [3.8, 4) is 5.75 Å². The maximum atomic E-state index is 13.4. The Morgan fingerprint density at radius 3 is 2.19 bits per heavy atom. The number of carbonyl (C=O) groups is 1. The van der Waals surface area contributed by atoms with E-state index in [2.05, 4.69) is 48.5 Å². The van der Waals surface area contributed by atoms with Crippen LogP contribution in [0.25, 0.3) is 0 Å². The second kappa shape index (κ2) is 6.81. The molecule has 2 nitrogen and oxygen atoms in total. The number of carbonyl (C=O) groups excluding carboxylic acids is 1. The average molecular weight is 373 g/mol. The fourth-order valence-electron chi connectivity index (χ4n) is 6.40. The molecule has 1 aromatic rings. The fourth-order valence-corrected chi connectivity index (χ4v) is 13.2. The van der Waals surface area contributed by atoms with Crippen LogP contribution in [0, 0.1) is 11.8 Å². The van der Waals surface area contributed by atoms with Crippen LogP contribution < -0.4 is 4.74 Å². The van der Waals surface area contributed by atoms with Crippen molar-refractivity contribution in [1.82, 2.24) is 0 Å². The number of fused-ring (bicyclic) bond motifs is 3. The van der Waals surface area contributed by atoms with E-state index in [9.17, 15) is 4.79 Å². The molecule has 1 aliphatic carbocycles. The topological polar surface area (TPSA) is 26.3 Å². The molecule has 0 spiro atoms. The van der Waals surface area contributed by atoms with Crippen LogP contribution in [-0.2, 0) is 0 Å². The van der Waals surface area contributed by atoms with E-state index in [1.807, 2.05) is 24.3 Å². The predicted molar refractivity (Wildman–Crippen MR) is 112 cm³/mol. The molecule has 0 aromatic heterocycles. The first-order valence-corrected chi connectivity index (χ1v) is 12.9. The summed E-state index contributed by atoms with van der Waals surface area (Å²) in [5, 5.41) is 0. The molecule has 3 heteroatoms. The van der Waals surface area contributed by atoms with E-state index in [1.165, 1.54) is 6.04 Å². The second-order valence-corrected chi connectivity index (χ2v) is 16.1. The van der Waals surface area contributed by atoms with Gasteiger partial charge in [-0.15, -0.1) is 0 Å². The number of ketones is 1. The maximum Gasteiger partial charge on any atom is 0.170 e. The number of Topliss-reactive ketones (excluding diaryl/α,β-unsaturated/α-hetero) is 1. The molecule has 2 aliphatic rings. The lowest BCUT2D eigenvalue weighted by Gasteiger charge is -2.46. The number of hydrogen-bond donors (Lipinski definition) is 0. The molecule has 144 valence electrons. The van der Waals surface area contributed by atoms with Crippen LogP contribution in [0.5, 0.6) is 5.75 Å². The van der Waals surface area contributed by atoms with Gasteiger partial charge in [0.1, 0.15) is 11.4 Å². The van der Waals surface area contributed by atoms with Gasteiger partial charge in [-0.2, -0.15) is 0 Å². The predicted octanol–water partition coefficient (Wildman–Crippen LogP) is 6.73. The van der Waals surface area contributed by atoms with Gasteiger partial charge in [-0.05, 0) is 37.8 Å². The van der Waals surface area contributed by atoms with E-state index >= 15 is 0 Å². The van der Waals surface area contributed by atoms with Crippen LogP contribution in [0.1, 0.15) is 71.7 Å². The van der Waals surface area contributed by atoms with Crippen LogP contribution >= 0.6 is 0 Å². The van der Waals surface area contributed by atoms with Crippen molar-refractivity contribution in [1.29, 1.82) is 0 Å². The van der Waals surface area contributed by atoms with E-state index in [-0.39, 0.29) is 11.5 Å². The van der Waals surface area contributed by atoms with Crippen LogP contribution in [0.3, 0.4) is 0 Å². The highest BCUT2D eigenvalue weighted by molar-refractivity contribution is 6.83. The number of ether oxygens (including phenoxy) is 1. The van der Waals surface area contributed by atoms with E-state index in [0.29, 0.717) is 11.7 Å². The maximum absolute atomic E-state index is 13.4. The quantitative estimate of drug-likeness (QED) is 0.536. The molecule has 0 unspecified atom stereocenters. The Balaban J connectivity index is 1.97. The molecular weight excluding hydrogens is 336 g/mol. The van der Waals surface area contributed by atoms with Gasteiger partial charge in [0.05, 0.1) is 13.6 Å². The lowest BCUT2D eigenvalue weighted by atomic mass is 9.89. The Morgan fingerprint density at radius 1 is 1.04 bits per heavy atom. The standard InChI is InChI=1S/C23H36O2Si/c1-15(2)26(16(3)4,17(5)6)14-18-12-23(7)13-20(18)22(24)19-10-8-9-11-21(19)25-23/h8-11,15-18,20H,12-14H2,1-7H3/t18-,20-,23-/m1/s1. The normalized spacial score (nSPS) is 28.5. The Hall–Kier alpha value is -1.09. The van der Waals surface area contributed by atoms with Gasteiger partial charge in [-0.3, -0.25) is 4.79 Å². The molecule has 26 heavy (non-hydrogen) atoms. The number of hydrogen-bond acceptors (Lipinski definition) is 2. The van der Waals surface area contributed by atoms with Gasteiger partial charge in [0.2, 0.25) is 0 Å². The molecule has 1 aliphatic heterocycles. The SMILES string of the molecule is CC(C)[Si](C[C@H]1C[C@]2(C)C[C@H]1C(=O)c1ccccc1O2)(C(C)C)C(C)C. The zero-order valence-electron chi connectivity index (χ0n) is 17.6. The van der Waals surface area contributed by atoms with E-state index in [4.69, 9.17) is 4.74 Å². The van der Waals surface area contributed by atoms with Crippen molar-refractivity contribution >= 4 is 13.9 Å². The third-order valence-corrected chi connectivity index (χ3v) is 15.3. The van der Waals surface area contributed by atoms with Gasteiger partial charge in [-0.1, -0.05) is 76.3 Å². The lowest BCUT2D eigenvalue weighted by molar-refractivity contribution is 0.0889. The summed E-state index contributed by atoms with van der Waals surface area (Å²) in [5.41, 5.74) is 2.82. The molecule has 1 saturated carbocycles. The van der Waals surface area contributed by atoms with Gasteiger partial charge < -0.3 is 4.74 Å². The van der Waals surface area contributed by atoms with Gasteiger partial charge >= 0.3 is 0 Å². The summed E-state index contributed by atoms with van der Waals surface area (Å²) in [6.45, 7) is 16.8. The van der Waals surface area contributed by atoms with E-state index < -0.39 is 8.07 Å². The zero-order chi connectivity index (χ0) is 19.3. The van der Waals surface area contributed by atoms with E-state index in [1.54, 1.807) is 0 Å². The third kappa shape index (κ3) is 3.06. The summed E-state index contributed by atoms with van der Waals surface area (Å²) in [5.74, 6) is 1.72. The highest BCUT2D eigenvalue weighted by Crippen LogP contribution is 2.54. The largest absolute Gasteiger partial charge is 0.487 e. The monoisotopic (exact) mass is 372 g/mol. The van der Waals surface area contributed by atoms with Gasteiger partial charge in [-0.25, -0.2) is 0 Å². The van der Waals surface area contributed by atoms with Crippen LogP contribution in [0.2, 0.25) is 22.7 Å². The molecule has 1 fully saturated rings. The number of rotatable bonds is 5. The number of para-hydroxylation sites is 1. The van der Waals surface area contributed by atoms with Crippen LogP contribution in [0.4, 0.5) is 0 Å². The first-order chi connectivity index (χ1) is 12.1. The second-order valence-electron chi connectivity index (χ2n) is 9.97. The minimum Gasteiger partial charge on any atom is -0.487 e. The Labute approximate surface area is 160 Å². The lowest BCUT2D eigenvalue weighted by Crippen LogP contribution is -2.47. The van der Waals surface area contributed by atoms with Crippen molar-refractivity contribution in [3.63, 3.8) is 0 Å². The van der Waals surface area contributed by atoms with Crippen molar-refractivity contribution < 1.29 is 9.53 Å². The minimum atomic E-state index is -1.53. The summed E-state index contributed by atoms with van der Waals surface area (Å²) in [7, 11) is -1.53. The molecule has 1 heterocycles. The highest BCUT2D eigenvalue weighted by Gasteiger charge is 2.54. The van der Waals surface area contributed by atoms with Crippen molar-refractivity contribution in [2.75, 3.05) is 0 Å². The Kier molecular flexibility index (Phi) is 5.15. The van der Waals surface area contributed by atoms with Gasteiger partial charge in [0, 0.05) is 5.92 Å². The molecule has 0 saturated heterocycles. The Bertz CT molecular complexity index is 657. The van der Waals surface area contributed by atoms with Gasteiger partial charge in [0.25, 0.3) is 0 Å². The van der Waals surface area contributed by atoms with Crippen molar-refractivity contribution in [2.45, 2.75) is 89.6 Å². The Morgan fingerprint density at radius 2 is 1.62 bits per heavy atom. The first-order valence-electron chi connectivity index (χ1n) is 10.4. The summed E-state index contributed by atoms with van der Waals surface area (Å²) >= 11 is 0. The minimum absolute atomic E-state index is 0.131. The molecular formula is C23H36O2Si. The summed E-state index contributed by atoms with van der Waals surface area (Å²) in [6.07, 6.45) is 1.91. The average Bonchev–Trinajstić information content (AvgIpc) is 2.81. The molecule has 0 N–H and O–H groups in total. The fraction of sp³-hybridized carbons (Fsp3) is 0.696. The summed E-state index contributed by atoms with van der Waals surface area (Å²) < 4.78 is 6.43. The highest BCUT2D eigenvalue weighted by atomic mass is 28.3. The smallest absolute Gasteiger partial charge is 0.170 e. The summed E-state index contributed by atoms with van der Waals surface area (Å²) in [6, 6.07) is 9.11. The molecule has 0 amide bonds. The van der Waals surface area contributed by atoms with Crippen molar-refractivity contribution in [3.05, 3.63) is 29.8 Å². The van der Waals surface area contributed by atoms with Crippen LogP contribution in [-0.4, -0.2) is 19.5 Å². The molecule has 1 aromatic carbocycles.